The van der Waals surface area contributed by atoms with Crippen LogP contribution < -0.4 is 9.80 Å². The van der Waals surface area contributed by atoms with Gasteiger partial charge in [-0.3, -0.25) is 9.98 Å². The van der Waals surface area contributed by atoms with E-state index in [1.54, 1.807) is 24.6 Å². The van der Waals surface area contributed by atoms with Gasteiger partial charge in [0.1, 0.15) is 11.5 Å². The zero-order chi connectivity index (χ0) is 37.9. The molecule has 0 aliphatic carbocycles. The van der Waals surface area contributed by atoms with E-state index in [9.17, 15) is 10.2 Å². The fraction of sp³-hybridized carbons (Fsp3) is 0.136. The second-order valence-corrected chi connectivity index (χ2v) is 12.9. The van der Waals surface area contributed by atoms with Gasteiger partial charge in [-0.05, 0) is 119 Å². The van der Waals surface area contributed by atoms with Crippen LogP contribution in [0.25, 0.3) is 22.3 Å². The van der Waals surface area contributed by atoms with Gasteiger partial charge >= 0.3 is 0 Å². The Morgan fingerprint density at radius 3 is 1.02 bits per heavy atom. The van der Waals surface area contributed by atoms with Crippen LogP contribution in [0.4, 0.5) is 34.1 Å². The van der Waals surface area contributed by atoms with Gasteiger partial charge in [0.05, 0.1) is 35.8 Å². The molecular weight excluding hydrogens is 673 g/mol. The van der Waals surface area contributed by atoms with E-state index in [0.29, 0.717) is 24.2 Å². The van der Waals surface area contributed by atoms with E-state index in [1.165, 1.54) is 0 Å². The van der Waals surface area contributed by atoms with E-state index < -0.39 is 0 Å². The molecule has 0 heterocycles. The standard InChI is InChI=1S/C44H42N8O2/c1-51(2)41-19-15-39(16-20-41)49-47-37-11-5-31(6-12-37)33-9-23-43(53)35(27-33)29-45-25-26-46-30-36-28-34(10-24-44(36)54)32-7-13-38(14-8-32)48-50-40-17-21-42(22-18-40)52(3)4/h5-24,27-30,53-54H,25-26H2,1-4H3. The van der Waals surface area contributed by atoms with Gasteiger partial charge in [-0.2, -0.15) is 20.5 Å². The van der Waals surface area contributed by atoms with Crippen molar-refractivity contribution in [3.8, 4) is 33.8 Å². The van der Waals surface area contributed by atoms with Gasteiger partial charge in [-0.1, -0.05) is 36.4 Å². The van der Waals surface area contributed by atoms with Crippen molar-refractivity contribution >= 4 is 46.6 Å². The number of phenols is 2. The van der Waals surface area contributed by atoms with E-state index in [-0.39, 0.29) is 11.5 Å². The summed E-state index contributed by atoms with van der Waals surface area (Å²) in [5, 5.41) is 38.4. The van der Waals surface area contributed by atoms with Crippen molar-refractivity contribution in [1.82, 2.24) is 0 Å². The Kier molecular flexibility index (Phi) is 12.0. The smallest absolute Gasteiger partial charge is 0.124 e. The topological polar surface area (TPSA) is 121 Å². The monoisotopic (exact) mass is 714 g/mol. The second kappa shape index (κ2) is 17.5. The number of hydrogen-bond donors (Lipinski definition) is 2. The SMILES string of the molecule is CN(C)c1ccc(N=Nc2ccc(-c3ccc(O)c(C=NCCN=Cc4cc(-c5ccc(N=Nc6ccc(N(C)C)cc6)cc5)ccc4O)c3)cc2)cc1. The quantitative estimate of drug-likeness (QED) is 0.0702. The molecule has 54 heavy (non-hydrogen) atoms. The molecule has 0 aliphatic rings. The maximum Gasteiger partial charge on any atom is 0.124 e. The number of rotatable bonds is 13. The van der Waals surface area contributed by atoms with Crippen LogP contribution in [-0.4, -0.2) is 63.9 Å². The first-order valence-electron chi connectivity index (χ1n) is 17.5. The minimum atomic E-state index is 0.143. The van der Waals surface area contributed by atoms with E-state index in [1.807, 2.05) is 159 Å². The predicted molar refractivity (Wildman–Crippen MR) is 222 cm³/mol. The van der Waals surface area contributed by atoms with Gasteiger partial charge in [-0.15, -0.1) is 0 Å². The summed E-state index contributed by atoms with van der Waals surface area (Å²) in [6.07, 6.45) is 3.31. The summed E-state index contributed by atoms with van der Waals surface area (Å²) < 4.78 is 0. The van der Waals surface area contributed by atoms with E-state index in [2.05, 4.69) is 30.4 Å². The molecular formula is C44H42N8O2. The Labute approximate surface area is 315 Å². The molecule has 0 unspecified atom stereocenters. The van der Waals surface area contributed by atoms with E-state index >= 15 is 0 Å². The van der Waals surface area contributed by atoms with Crippen LogP contribution in [-0.2, 0) is 0 Å². The highest BCUT2D eigenvalue weighted by Crippen LogP contribution is 2.30. The number of hydrogen-bond acceptors (Lipinski definition) is 10. The van der Waals surface area contributed by atoms with E-state index in [0.717, 1.165) is 56.4 Å². The van der Waals surface area contributed by atoms with Crippen LogP contribution in [0.2, 0.25) is 0 Å². The molecule has 0 fully saturated rings. The molecule has 0 aromatic heterocycles. The third kappa shape index (κ3) is 9.89. The van der Waals surface area contributed by atoms with Crippen molar-refractivity contribution in [3.05, 3.63) is 145 Å². The van der Waals surface area contributed by atoms with Gasteiger partial charge in [0.2, 0.25) is 0 Å². The molecule has 0 saturated carbocycles. The van der Waals surface area contributed by atoms with Crippen LogP contribution in [0.1, 0.15) is 11.1 Å². The third-order valence-corrected chi connectivity index (χ3v) is 8.57. The summed E-state index contributed by atoms with van der Waals surface area (Å²) in [5.41, 5.74) is 10.3. The number of phenolic OH excluding ortho intramolecular Hbond substituents is 2. The first-order valence-corrected chi connectivity index (χ1v) is 17.5. The summed E-state index contributed by atoms with van der Waals surface area (Å²) in [4.78, 5) is 13.0. The molecule has 0 aliphatic heterocycles. The number of aliphatic imine (C=N–C) groups is 2. The Morgan fingerprint density at radius 2 is 0.704 bits per heavy atom. The van der Waals surface area contributed by atoms with Gasteiger partial charge in [-0.25, -0.2) is 0 Å². The summed E-state index contributed by atoms with van der Waals surface area (Å²) in [5.74, 6) is 0.286. The molecule has 2 N–H and O–H groups in total. The Bertz CT molecular complexity index is 2110. The largest absolute Gasteiger partial charge is 0.507 e. The maximum atomic E-state index is 10.5. The summed E-state index contributed by atoms with van der Waals surface area (Å²) in [6.45, 7) is 0.821. The molecule has 0 atom stereocenters. The zero-order valence-electron chi connectivity index (χ0n) is 30.7. The van der Waals surface area contributed by atoms with Crippen molar-refractivity contribution in [2.45, 2.75) is 0 Å². The average Bonchev–Trinajstić information content (AvgIpc) is 3.19. The molecule has 6 aromatic rings. The summed E-state index contributed by atoms with van der Waals surface area (Å²) in [7, 11) is 8.00. The fourth-order valence-corrected chi connectivity index (χ4v) is 5.42. The van der Waals surface area contributed by atoms with Gasteiger partial charge < -0.3 is 20.0 Å². The van der Waals surface area contributed by atoms with Crippen LogP contribution in [0, 0.1) is 0 Å². The van der Waals surface area contributed by atoms with Crippen molar-refractivity contribution in [1.29, 1.82) is 0 Å². The van der Waals surface area contributed by atoms with Crippen molar-refractivity contribution < 1.29 is 10.2 Å². The number of benzene rings is 6. The molecule has 6 aromatic carbocycles. The first kappa shape index (κ1) is 36.8. The van der Waals surface area contributed by atoms with Crippen LogP contribution in [0.15, 0.2) is 164 Å². The summed E-state index contributed by atoms with van der Waals surface area (Å²) in [6, 6.07) is 42.2. The number of azo groups is 2. The third-order valence-electron chi connectivity index (χ3n) is 8.57. The summed E-state index contributed by atoms with van der Waals surface area (Å²) >= 11 is 0. The highest BCUT2D eigenvalue weighted by Gasteiger charge is 2.06. The molecule has 0 radical (unpaired) electrons. The minimum Gasteiger partial charge on any atom is -0.507 e. The minimum absolute atomic E-state index is 0.143. The molecule has 0 bridgehead atoms. The number of nitrogens with zero attached hydrogens (tertiary/aromatic N) is 8. The van der Waals surface area contributed by atoms with Crippen LogP contribution in [0.3, 0.4) is 0 Å². The van der Waals surface area contributed by atoms with E-state index in [4.69, 9.17) is 0 Å². The second-order valence-electron chi connectivity index (χ2n) is 12.9. The normalized spacial score (nSPS) is 11.7. The lowest BCUT2D eigenvalue weighted by molar-refractivity contribution is 0.474. The highest BCUT2D eigenvalue weighted by molar-refractivity contribution is 5.87. The molecule has 0 amide bonds. The first-order chi connectivity index (χ1) is 26.2. The fourth-order valence-electron chi connectivity index (χ4n) is 5.42. The lowest BCUT2D eigenvalue weighted by atomic mass is 10.0. The highest BCUT2D eigenvalue weighted by atomic mass is 16.3. The van der Waals surface area contributed by atoms with Crippen molar-refractivity contribution in [3.63, 3.8) is 0 Å². The Morgan fingerprint density at radius 1 is 0.407 bits per heavy atom. The molecule has 0 spiro atoms. The van der Waals surface area contributed by atoms with Crippen molar-refractivity contribution in [2.75, 3.05) is 51.1 Å². The average molecular weight is 715 g/mol. The molecule has 10 nitrogen and oxygen atoms in total. The Hall–Kier alpha value is -6.94. The Balaban J connectivity index is 1.02. The van der Waals surface area contributed by atoms with Crippen molar-refractivity contribution in [2.24, 2.45) is 30.4 Å². The maximum absolute atomic E-state index is 10.5. The lowest BCUT2D eigenvalue weighted by Crippen LogP contribution is -2.07. The molecule has 0 saturated heterocycles. The number of aromatic hydroxyl groups is 2. The lowest BCUT2D eigenvalue weighted by Gasteiger charge is -2.11. The van der Waals surface area contributed by atoms with Gasteiger partial charge in [0.25, 0.3) is 0 Å². The predicted octanol–water partition coefficient (Wildman–Crippen LogP) is 10.9. The van der Waals surface area contributed by atoms with Crippen LogP contribution in [0.5, 0.6) is 11.5 Å². The van der Waals surface area contributed by atoms with Gasteiger partial charge in [0.15, 0.2) is 0 Å². The molecule has 270 valence electrons. The molecule has 6 rings (SSSR count). The number of anilines is 2. The van der Waals surface area contributed by atoms with Crippen LogP contribution >= 0.6 is 0 Å². The molecule has 10 heteroatoms. The zero-order valence-corrected chi connectivity index (χ0v) is 30.7. The van der Waals surface area contributed by atoms with Gasteiger partial charge in [0, 0.05) is 63.1 Å².